The highest BCUT2D eigenvalue weighted by atomic mass is 16.5. The normalized spacial score (nSPS) is 65.1. The molecule has 4 fully saturated rings. The van der Waals surface area contributed by atoms with E-state index in [0.29, 0.717) is 19.4 Å². The van der Waals surface area contributed by atoms with Gasteiger partial charge in [0.25, 0.3) is 0 Å². The van der Waals surface area contributed by atoms with E-state index in [9.17, 15) is 15.3 Å². The van der Waals surface area contributed by atoms with Crippen LogP contribution in [0.15, 0.2) is 0 Å². The molecule has 1 heterocycles. The molecule has 4 aliphatic rings. The molecule has 3 N–H and O–H groups in total. The second-order valence-corrected chi connectivity index (χ2v) is 5.28. The molecular formula is C10H16O4. The summed E-state index contributed by atoms with van der Waals surface area (Å²) >= 11 is 0. The van der Waals surface area contributed by atoms with E-state index in [4.69, 9.17) is 4.74 Å². The molecule has 1 aliphatic heterocycles. The van der Waals surface area contributed by atoms with Gasteiger partial charge in [-0.3, -0.25) is 0 Å². The summed E-state index contributed by atoms with van der Waals surface area (Å²) in [7, 11) is 0. The van der Waals surface area contributed by atoms with Crippen molar-refractivity contribution in [2.24, 2.45) is 11.3 Å². The van der Waals surface area contributed by atoms with Crippen LogP contribution in [-0.2, 0) is 4.74 Å². The van der Waals surface area contributed by atoms with Crippen LogP contribution in [-0.4, -0.2) is 45.8 Å². The Morgan fingerprint density at radius 2 is 2.14 bits per heavy atom. The van der Waals surface area contributed by atoms with Crippen LogP contribution < -0.4 is 0 Å². The Bertz CT molecular complexity index is 294. The number of ether oxygens (including phenoxy) is 1. The Labute approximate surface area is 82.5 Å². The average Bonchev–Trinajstić information content (AvgIpc) is 2.23. The van der Waals surface area contributed by atoms with Gasteiger partial charge in [0, 0.05) is 12.3 Å². The molecule has 4 bridgehead atoms. The molecule has 0 spiro atoms. The fourth-order valence-electron chi connectivity index (χ4n) is 3.84. The minimum atomic E-state index is -0.918. The molecule has 3 aliphatic carbocycles. The van der Waals surface area contributed by atoms with E-state index >= 15 is 0 Å². The van der Waals surface area contributed by atoms with Crippen LogP contribution in [0.5, 0.6) is 0 Å². The number of hydrogen-bond acceptors (Lipinski definition) is 4. The maximum atomic E-state index is 10.5. The molecular weight excluding hydrogens is 184 g/mol. The number of aliphatic hydroxyl groups is 3. The smallest absolute Gasteiger partial charge is 0.104 e. The topological polar surface area (TPSA) is 69.9 Å². The molecule has 0 radical (unpaired) electrons. The van der Waals surface area contributed by atoms with Crippen molar-refractivity contribution in [1.29, 1.82) is 0 Å². The molecule has 3 saturated carbocycles. The average molecular weight is 200 g/mol. The first-order chi connectivity index (χ1) is 6.49. The van der Waals surface area contributed by atoms with Crippen molar-refractivity contribution in [3.63, 3.8) is 0 Å². The van der Waals surface area contributed by atoms with Gasteiger partial charge in [0.1, 0.15) is 5.60 Å². The highest BCUT2D eigenvalue weighted by molar-refractivity contribution is 5.29. The summed E-state index contributed by atoms with van der Waals surface area (Å²) in [5.74, 6) is 0.00748. The number of hydrogen-bond donors (Lipinski definition) is 3. The van der Waals surface area contributed by atoms with Gasteiger partial charge in [0.05, 0.1) is 30.3 Å². The highest BCUT2D eigenvalue weighted by Crippen LogP contribution is 2.70. The Balaban J connectivity index is 2.10. The van der Waals surface area contributed by atoms with E-state index in [1.54, 1.807) is 0 Å². The predicted molar refractivity (Wildman–Crippen MR) is 47.6 cm³/mol. The first-order valence-corrected chi connectivity index (χ1v) is 5.14. The molecule has 80 valence electrons. The van der Waals surface area contributed by atoms with Crippen molar-refractivity contribution >= 4 is 0 Å². The molecule has 5 atom stereocenters. The third-order valence-electron chi connectivity index (χ3n) is 4.92. The standard InChI is InChI=1S/C10H16O4/c1-8-3-7(12)6-2-10(8,13)9(6,4-11)5-14-8/h6-7,11-13H,2-5H2,1H3/t6-,7+,8-,9-,10-/m0/s1. The zero-order chi connectivity index (χ0) is 10.2. The summed E-state index contributed by atoms with van der Waals surface area (Å²) < 4.78 is 5.62. The number of rotatable bonds is 1. The molecule has 4 heteroatoms. The van der Waals surface area contributed by atoms with Crippen molar-refractivity contribution in [1.82, 2.24) is 0 Å². The molecule has 0 amide bonds. The zero-order valence-corrected chi connectivity index (χ0v) is 8.23. The largest absolute Gasteiger partial charge is 0.396 e. The number of aliphatic hydroxyl groups excluding tert-OH is 2. The Morgan fingerprint density at radius 3 is 2.79 bits per heavy atom. The summed E-state index contributed by atoms with van der Waals surface area (Å²) in [6.07, 6.45) is 0.602. The summed E-state index contributed by atoms with van der Waals surface area (Å²) in [6.45, 7) is 2.11. The summed E-state index contributed by atoms with van der Waals surface area (Å²) in [5, 5.41) is 29.8. The summed E-state index contributed by atoms with van der Waals surface area (Å²) in [6, 6.07) is 0. The second kappa shape index (κ2) is 2.16. The first-order valence-electron chi connectivity index (χ1n) is 5.14. The summed E-state index contributed by atoms with van der Waals surface area (Å²) in [5.41, 5.74) is -2.18. The lowest BCUT2D eigenvalue weighted by Crippen LogP contribution is -2.77. The van der Waals surface area contributed by atoms with Gasteiger partial charge in [-0.25, -0.2) is 0 Å². The molecule has 0 unspecified atom stereocenters. The van der Waals surface area contributed by atoms with E-state index < -0.39 is 22.7 Å². The van der Waals surface area contributed by atoms with E-state index in [1.165, 1.54) is 0 Å². The lowest BCUT2D eigenvalue weighted by molar-refractivity contribution is -0.295. The van der Waals surface area contributed by atoms with Gasteiger partial charge >= 0.3 is 0 Å². The fraction of sp³-hybridized carbons (Fsp3) is 1.00. The monoisotopic (exact) mass is 200 g/mol. The second-order valence-electron chi connectivity index (χ2n) is 5.28. The molecule has 4 rings (SSSR count). The molecule has 0 aromatic carbocycles. The molecule has 1 saturated heterocycles. The minimum Gasteiger partial charge on any atom is -0.396 e. The van der Waals surface area contributed by atoms with Crippen LogP contribution in [0, 0.1) is 11.3 Å². The zero-order valence-electron chi connectivity index (χ0n) is 8.23. The summed E-state index contributed by atoms with van der Waals surface area (Å²) in [4.78, 5) is 0. The van der Waals surface area contributed by atoms with E-state index in [2.05, 4.69) is 0 Å². The molecule has 0 aromatic heterocycles. The fourth-order valence-corrected chi connectivity index (χ4v) is 3.84. The quantitative estimate of drug-likeness (QED) is 0.522. The van der Waals surface area contributed by atoms with Crippen LogP contribution in [0.2, 0.25) is 0 Å². The molecule has 0 aromatic rings. The van der Waals surface area contributed by atoms with E-state index in [1.807, 2.05) is 6.92 Å². The lowest BCUT2D eigenvalue weighted by atomic mass is 9.41. The SMILES string of the molecule is C[C@]12C[C@@H](O)[C@@H]3C[C@@]1(O)[C@@]3(CO)CO2. The van der Waals surface area contributed by atoms with E-state index in [0.717, 1.165) is 0 Å². The lowest BCUT2D eigenvalue weighted by Gasteiger charge is -2.65. The van der Waals surface area contributed by atoms with Gasteiger partial charge < -0.3 is 20.1 Å². The minimum absolute atomic E-state index is 0.00748. The molecule has 4 nitrogen and oxygen atoms in total. The maximum absolute atomic E-state index is 10.5. The van der Waals surface area contributed by atoms with Crippen LogP contribution in [0.1, 0.15) is 19.8 Å². The Kier molecular flexibility index (Phi) is 1.41. The van der Waals surface area contributed by atoms with Crippen LogP contribution in [0.3, 0.4) is 0 Å². The van der Waals surface area contributed by atoms with Crippen molar-refractivity contribution in [3.05, 3.63) is 0 Å². The van der Waals surface area contributed by atoms with Crippen molar-refractivity contribution < 1.29 is 20.1 Å². The molecule has 14 heavy (non-hydrogen) atoms. The van der Waals surface area contributed by atoms with Crippen LogP contribution in [0.4, 0.5) is 0 Å². The van der Waals surface area contributed by atoms with Crippen LogP contribution >= 0.6 is 0 Å². The Morgan fingerprint density at radius 1 is 1.43 bits per heavy atom. The van der Waals surface area contributed by atoms with Crippen molar-refractivity contribution in [2.75, 3.05) is 13.2 Å². The van der Waals surface area contributed by atoms with E-state index in [-0.39, 0.29) is 12.5 Å². The third-order valence-corrected chi connectivity index (χ3v) is 4.92. The van der Waals surface area contributed by atoms with Crippen molar-refractivity contribution in [2.45, 2.75) is 37.1 Å². The van der Waals surface area contributed by atoms with Gasteiger partial charge in [-0.1, -0.05) is 0 Å². The van der Waals surface area contributed by atoms with Crippen molar-refractivity contribution in [3.8, 4) is 0 Å². The van der Waals surface area contributed by atoms with Gasteiger partial charge in [-0.2, -0.15) is 0 Å². The first kappa shape index (κ1) is 9.09. The number of fused-ring (bicyclic) bond motifs is 1. The van der Waals surface area contributed by atoms with Gasteiger partial charge in [0.2, 0.25) is 0 Å². The van der Waals surface area contributed by atoms with Gasteiger partial charge in [-0.05, 0) is 13.3 Å². The van der Waals surface area contributed by atoms with Gasteiger partial charge in [-0.15, -0.1) is 0 Å². The highest BCUT2D eigenvalue weighted by Gasteiger charge is 2.81. The Hall–Kier alpha value is -0.160. The van der Waals surface area contributed by atoms with Crippen LogP contribution in [0.25, 0.3) is 0 Å². The third kappa shape index (κ3) is 0.608. The van der Waals surface area contributed by atoms with Gasteiger partial charge in [0.15, 0.2) is 0 Å². The maximum Gasteiger partial charge on any atom is 0.104 e. The predicted octanol–water partition coefficient (Wildman–Crippen LogP) is -0.730.